The molecule has 0 atom stereocenters. The highest BCUT2D eigenvalue weighted by atomic mass is 35.5. The van der Waals surface area contributed by atoms with Crippen molar-refractivity contribution in [3.8, 4) is 16.9 Å². The molecule has 5 heteroatoms. The molecule has 0 aliphatic heterocycles. The van der Waals surface area contributed by atoms with Crippen LogP contribution < -0.4 is 5.32 Å². The Morgan fingerprint density at radius 2 is 1.75 bits per heavy atom. The molecular weight excluding hydrogens is 373 g/mol. The smallest absolute Gasteiger partial charge is 0.141 e. The zero-order chi connectivity index (χ0) is 19.5. The van der Waals surface area contributed by atoms with Gasteiger partial charge in [-0.1, -0.05) is 59.6 Å². The Labute approximate surface area is 168 Å². The molecular formula is C23H19ClFN3. The number of benzene rings is 3. The molecule has 28 heavy (non-hydrogen) atoms. The number of nitrogens with one attached hydrogen (secondary N) is 1. The predicted molar refractivity (Wildman–Crippen MR) is 112 cm³/mol. The fourth-order valence-corrected chi connectivity index (χ4v) is 3.19. The summed E-state index contributed by atoms with van der Waals surface area (Å²) in [5.41, 5.74) is 5.94. The third kappa shape index (κ3) is 3.92. The summed E-state index contributed by atoms with van der Waals surface area (Å²) in [7, 11) is 0. The summed E-state index contributed by atoms with van der Waals surface area (Å²) in [4.78, 5) is 0. The van der Waals surface area contributed by atoms with Crippen LogP contribution in [-0.2, 0) is 6.54 Å². The Hall–Kier alpha value is -3.11. The number of hydrogen-bond donors (Lipinski definition) is 1. The lowest BCUT2D eigenvalue weighted by atomic mass is 10.1. The Bertz CT molecular complexity index is 1090. The molecule has 0 unspecified atom stereocenters. The highest BCUT2D eigenvalue weighted by Crippen LogP contribution is 2.26. The lowest BCUT2D eigenvalue weighted by molar-refractivity contribution is 0.628. The van der Waals surface area contributed by atoms with Crippen molar-refractivity contribution < 1.29 is 4.39 Å². The first kappa shape index (κ1) is 18.3. The zero-order valence-electron chi connectivity index (χ0n) is 15.4. The van der Waals surface area contributed by atoms with Gasteiger partial charge in [0.25, 0.3) is 0 Å². The van der Waals surface area contributed by atoms with E-state index >= 15 is 0 Å². The van der Waals surface area contributed by atoms with Crippen LogP contribution in [0.2, 0.25) is 5.02 Å². The second-order valence-electron chi connectivity index (χ2n) is 6.63. The monoisotopic (exact) mass is 391 g/mol. The molecule has 1 heterocycles. The molecule has 4 aromatic rings. The van der Waals surface area contributed by atoms with Gasteiger partial charge in [0.2, 0.25) is 0 Å². The standard InChI is InChI=1S/C23H19ClFN3/c1-16-7-9-17(10-8-16)23-18(14-26-19-11-12-22(25)21(24)13-19)15-28(27-23)20-5-3-2-4-6-20/h2-13,15,26H,14H2,1H3. The van der Waals surface area contributed by atoms with Crippen molar-refractivity contribution in [3.05, 3.63) is 101 Å². The maximum atomic E-state index is 13.4. The number of anilines is 1. The van der Waals surface area contributed by atoms with Crippen LogP contribution in [0.1, 0.15) is 11.1 Å². The summed E-state index contributed by atoms with van der Waals surface area (Å²) in [5, 5.41) is 8.23. The quantitative estimate of drug-likeness (QED) is 0.435. The Balaban J connectivity index is 1.68. The largest absolute Gasteiger partial charge is 0.381 e. The molecule has 0 bridgehead atoms. The van der Waals surface area contributed by atoms with Crippen molar-refractivity contribution in [1.82, 2.24) is 9.78 Å². The van der Waals surface area contributed by atoms with Gasteiger partial charge >= 0.3 is 0 Å². The summed E-state index contributed by atoms with van der Waals surface area (Å²) in [6.45, 7) is 2.60. The van der Waals surface area contributed by atoms with Crippen LogP contribution in [0.25, 0.3) is 16.9 Å². The molecule has 4 rings (SSSR count). The fraction of sp³-hybridized carbons (Fsp3) is 0.0870. The van der Waals surface area contributed by atoms with Crippen molar-refractivity contribution >= 4 is 17.3 Å². The summed E-state index contributed by atoms with van der Waals surface area (Å²) < 4.78 is 15.3. The number of aromatic nitrogens is 2. The van der Waals surface area contributed by atoms with Crippen molar-refractivity contribution in [2.45, 2.75) is 13.5 Å². The molecule has 0 aliphatic carbocycles. The van der Waals surface area contributed by atoms with E-state index in [0.717, 1.165) is 28.2 Å². The molecule has 0 radical (unpaired) electrons. The van der Waals surface area contributed by atoms with Crippen LogP contribution in [0.4, 0.5) is 10.1 Å². The van der Waals surface area contributed by atoms with Crippen LogP contribution >= 0.6 is 11.6 Å². The van der Waals surface area contributed by atoms with Crippen molar-refractivity contribution in [1.29, 1.82) is 0 Å². The van der Waals surface area contributed by atoms with Crippen LogP contribution in [0.15, 0.2) is 79.0 Å². The van der Waals surface area contributed by atoms with Crippen molar-refractivity contribution in [2.75, 3.05) is 5.32 Å². The van der Waals surface area contributed by atoms with E-state index in [1.165, 1.54) is 11.6 Å². The van der Waals surface area contributed by atoms with Gasteiger partial charge in [-0.25, -0.2) is 9.07 Å². The van der Waals surface area contributed by atoms with E-state index in [4.69, 9.17) is 16.7 Å². The van der Waals surface area contributed by atoms with E-state index in [1.54, 1.807) is 12.1 Å². The lowest BCUT2D eigenvalue weighted by Crippen LogP contribution is -2.00. The zero-order valence-corrected chi connectivity index (χ0v) is 16.1. The maximum absolute atomic E-state index is 13.4. The third-order valence-electron chi connectivity index (χ3n) is 4.54. The number of nitrogens with zero attached hydrogens (tertiary/aromatic N) is 2. The predicted octanol–water partition coefficient (Wildman–Crippen LogP) is 6.25. The number of aryl methyl sites for hydroxylation is 1. The molecule has 0 amide bonds. The first-order valence-corrected chi connectivity index (χ1v) is 9.38. The average molecular weight is 392 g/mol. The highest BCUT2D eigenvalue weighted by molar-refractivity contribution is 6.31. The Morgan fingerprint density at radius 3 is 2.46 bits per heavy atom. The van der Waals surface area contributed by atoms with E-state index in [9.17, 15) is 4.39 Å². The molecule has 140 valence electrons. The summed E-state index contributed by atoms with van der Waals surface area (Å²) >= 11 is 5.89. The van der Waals surface area contributed by atoms with Gasteiger partial charge in [0.1, 0.15) is 5.82 Å². The normalized spacial score (nSPS) is 10.8. The van der Waals surface area contributed by atoms with Gasteiger partial charge < -0.3 is 5.32 Å². The summed E-state index contributed by atoms with van der Waals surface area (Å²) in [5.74, 6) is -0.426. The molecule has 1 N–H and O–H groups in total. The number of halogens is 2. The SMILES string of the molecule is Cc1ccc(-c2nn(-c3ccccc3)cc2CNc2ccc(F)c(Cl)c2)cc1. The van der Waals surface area contributed by atoms with Crippen LogP contribution in [0.3, 0.4) is 0 Å². The van der Waals surface area contributed by atoms with E-state index < -0.39 is 5.82 Å². The van der Waals surface area contributed by atoms with Gasteiger partial charge in [0.15, 0.2) is 0 Å². The van der Waals surface area contributed by atoms with Gasteiger partial charge in [-0.05, 0) is 37.3 Å². The molecule has 0 saturated carbocycles. The number of hydrogen-bond acceptors (Lipinski definition) is 2. The molecule has 1 aromatic heterocycles. The Morgan fingerprint density at radius 1 is 1.00 bits per heavy atom. The molecule has 0 spiro atoms. The number of rotatable bonds is 5. The van der Waals surface area contributed by atoms with E-state index in [2.05, 4.69) is 36.5 Å². The molecule has 3 nitrogen and oxygen atoms in total. The van der Waals surface area contributed by atoms with Gasteiger partial charge in [-0.15, -0.1) is 0 Å². The second-order valence-corrected chi connectivity index (χ2v) is 7.04. The molecule has 0 fully saturated rings. The second kappa shape index (κ2) is 7.87. The van der Waals surface area contributed by atoms with Gasteiger partial charge in [0.05, 0.1) is 16.4 Å². The average Bonchev–Trinajstić information content (AvgIpc) is 3.14. The molecule has 0 aliphatic rings. The minimum absolute atomic E-state index is 0.101. The fourth-order valence-electron chi connectivity index (χ4n) is 3.01. The first-order chi connectivity index (χ1) is 13.6. The van der Waals surface area contributed by atoms with E-state index in [1.807, 2.05) is 41.2 Å². The van der Waals surface area contributed by atoms with Crippen LogP contribution in [0.5, 0.6) is 0 Å². The summed E-state index contributed by atoms with van der Waals surface area (Å²) in [6, 6.07) is 22.9. The highest BCUT2D eigenvalue weighted by Gasteiger charge is 2.12. The third-order valence-corrected chi connectivity index (χ3v) is 4.83. The topological polar surface area (TPSA) is 29.9 Å². The van der Waals surface area contributed by atoms with Crippen LogP contribution in [-0.4, -0.2) is 9.78 Å². The molecule has 0 saturated heterocycles. The van der Waals surface area contributed by atoms with Crippen molar-refractivity contribution in [3.63, 3.8) is 0 Å². The first-order valence-electron chi connectivity index (χ1n) is 9.00. The molecule has 3 aromatic carbocycles. The van der Waals surface area contributed by atoms with Crippen molar-refractivity contribution in [2.24, 2.45) is 0 Å². The van der Waals surface area contributed by atoms with Gasteiger partial charge in [-0.2, -0.15) is 5.10 Å². The van der Waals surface area contributed by atoms with Gasteiger partial charge in [-0.3, -0.25) is 0 Å². The summed E-state index contributed by atoms with van der Waals surface area (Å²) in [6.07, 6.45) is 2.02. The van der Waals surface area contributed by atoms with E-state index in [-0.39, 0.29) is 5.02 Å². The minimum atomic E-state index is -0.426. The van der Waals surface area contributed by atoms with Gasteiger partial charge in [0, 0.05) is 29.6 Å². The Kier molecular flexibility index (Phi) is 5.13. The maximum Gasteiger partial charge on any atom is 0.141 e. The minimum Gasteiger partial charge on any atom is -0.381 e. The van der Waals surface area contributed by atoms with Crippen LogP contribution in [0, 0.1) is 12.7 Å². The number of para-hydroxylation sites is 1. The van der Waals surface area contributed by atoms with E-state index in [0.29, 0.717) is 6.54 Å². The lowest BCUT2D eigenvalue weighted by Gasteiger charge is -2.08.